The number of ether oxygens (including phenoxy) is 1. The van der Waals surface area contributed by atoms with E-state index in [0.29, 0.717) is 25.2 Å². The average Bonchev–Trinajstić information content (AvgIpc) is 3.15. The molecule has 1 aliphatic rings. The highest BCUT2D eigenvalue weighted by Gasteiger charge is 2.38. The third-order valence-corrected chi connectivity index (χ3v) is 4.51. The van der Waals surface area contributed by atoms with Crippen LogP contribution in [0, 0.1) is 0 Å². The number of hydrogen-bond acceptors (Lipinski definition) is 7. The molecule has 140 valence electrons. The minimum Gasteiger partial charge on any atom is -0.445 e. The number of aryl methyl sites for hydroxylation is 1. The Morgan fingerprint density at radius 1 is 1.56 bits per heavy atom. The smallest absolute Gasteiger partial charge is 0.410 e. The van der Waals surface area contributed by atoms with Gasteiger partial charge in [0, 0.05) is 25.0 Å². The molecule has 0 aromatic carbocycles. The van der Waals surface area contributed by atoms with Gasteiger partial charge in [-0.2, -0.15) is 8.42 Å². The number of aromatic nitrogens is 2. The van der Waals surface area contributed by atoms with Crippen LogP contribution in [0.25, 0.3) is 0 Å². The predicted octanol–water partition coefficient (Wildman–Crippen LogP) is 0.507. The zero-order valence-electron chi connectivity index (χ0n) is 14.1. The molecule has 1 saturated heterocycles. The largest absolute Gasteiger partial charge is 0.445 e. The molecule has 0 radical (unpaired) electrons. The van der Waals surface area contributed by atoms with Crippen molar-refractivity contribution in [1.82, 2.24) is 14.5 Å². The van der Waals surface area contributed by atoms with Crippen LogP contribution in [0.1, 0.15) is 18.7 Å². The number of aliphatic hydroxyl groups is 1. The van der Waals surface area contributed by atoms with Gasteiger partial charge in [0.2, 0.25) is 0 Å². The van der Waals surface area contributed by atoms with Crippen LogP contribution in [-0.4, -0.2) is 65.6 Å². The Kier molecular flexibility index (Phi) is 6.57. The lowest BCUT2D eigenvalue weighted by Crippen LogP contribution is -2.37. The Labute approximate surface area is 147 Å². The lowest BCUT2D eigenvalue weighted by atomic mass is 10.1. The van der Waals surface area contributed by atoms with Gasteiger partial charge >= 0.3 is 6.09 Å². The van der Waals surface area contributed by atoms with Crippen molar-refractivity contribution in [3.05, 3.63) is 30.9 Å². The van der Waals surface area contributed by atoms with Gasteiger partial charge in [-0.3, -0.25) is 4.18 Å². The first kappa shape index (κ1) is 19.4. The molecule has 0 aliphatic carbocycles. The molecule has 2 rings (SSSR count). The van der Waals surface area contributed by atoms with Crippen molar-refractivity contribution in [1.29, 1.82) is 0 Å². The molecule has 2 heterocycles. The van der Waals surface area contributed by atoms with Gasteiger partial charge in [-0.15, -0.1) is 0 Å². The van der Waals surface area contributed by atoms with Crippen molar-refractivity contribution < 1.29 is 27.2 Å². The van der Waals surface area contributed by atoms with Crippen LogP contribution in [0.3, 0.4) is 0 Å². The normalized spacial score (nSPS) is 20.6. The molecule has 10 heteroatoms. The molecule has 1 amide bonds. The summed E-state index contributed by atoms with van der Waals surface area (Å²) in [6.45, 7) is 4.07. The van der Waals surface area contributed by atoms with Crippen LogP contribution < -0.4 is 0 Å². The number of rotatable bonds is 8. The summed E-state index contributed by atoms with van der Waals surface area (Å²) in [6.07, 6.45) is 5.59. The Balaban J connectivity index is 2.04. The second kappa shape index (κ2) is 8.45. The number of likely N-dealkylation sites (tertiary alicyclic amines) is 1. The molecule has 0 spiro atoms. The van der Waals surface area contributed by atoms with Gasteiger partial charge in [-0.05, 0) is 12.8 Å². The van der Waals surface area contributed by atoms with Crippen LogP contribution >= 0.6 is 0 Å². The highest BCUT2D eigenvalue weighted by atomic mass is 32.2. The van der Waals surface area contributed by atoms with Crippen molar-refractivity contribution in [3.8, 4) is 0 Å². The summed E-state index contributed by atoms with van der Waals surface area (Å²) in [7, 11) is -3.61. The average molecular weight is 373 g/mol. The predicted molar refractivity (Wildman–Crippen MR) is 89.1 cm³/mol. The quantitative estimate of drug-likeness (QED) is 0.522. The number of amides is 1. The zero-order valence-corrected chi connectivity index (χ0v) is 14.9. The van der Waals surface area contributed by atoms with E-state index in [-0.39, 0.29) is 25.8 Å². The Morgan fingerprint density at radius 2 is 2.32 bits per heavy atom. The third-order valence-electron chi connectivity index (χ3n) is 3.89. The maximum atomic E-state index is 12.2. The summed E-state index contributed by atoms with van der Waals surface area (Å²) in [5, 5.41) is 9.24. The van der Waals surface area contributed by atoms with Gasteiger partial charge in [-0.25, -0.2) is 9.78 Å². The molecule has 1 aliphatic heterocycles. The van der Waals surface area contributed by atoms with Crippen molar-refractivity contribution in [2.75, 3.05) is 19.4 Å². The summed E-state index contributed by atoms with van der Waals surface area (Å²) in [4.78, 5) is 17.7. The summed E-state index contributed by atoms with van der Waals surface area (Å²) in [6, 6.07) is -0.238. The molecule has 25 heavy (non-hydrogen) atoms. The number of aliphatic hydroxyl groups excluding tert-OH is 1. The molecular weight excluding hydrogens is 350 g/mol. The van der Waals surface area contributed by atoms with Gasteiger partial charge in [0.15, 0.2) is 0 Å². The molecule has 9 nitrogen and oxygen atoms in total. The molecule has 0 bridgehead atoms. The Morgan fingerprint density at radius 3 is 2.96 bits per heavy atom. The van der Waals surface area contributed by atoms with Crippen molar-refractivity contribution in [2.24, 2.45) is 0 Å². The number of hydrogen-bond donors (Lipinski definition) is 1. The van der Waals surface area contributed by atoms with Crippen LogP contribution in [-0.2, 0) is 32.2 Å². The Hall–Kier alpha value is -1.91. The molecule has 1 aromatic rings. The van der Waals surface area contributed by atoms with Crippen molar-refractivity contribution >= 4 is 16.2 Å². The molecule has 1 fully saturated rings. The molecule has 2 atom stereocenters. The van der Waals surface area contributed by atoms with Gasteiger partial charge in [0.25, 0.3) is 10.1 Å². The standard InChI is InChI=1S/C15H23N3O6S/c1-3-8-23-15(20)18-10-13(24-25(2,21)22)9-12(18)4-6-17-7-5-16-14(17)11-19/h3,5,7,12-13,19H,1,4,6,8-11H2,2H3/t12-,13-/m1/s1. The van der Waals surface area contributed by atoms with Gasteiger partial charge < -0.3 is 19.3 Å². The lowest BCUT2D eigenvalue weighted by Gasteiger charge is -2.23. The van der Waals surface area contributed by atoms with Gasteiger partial charge in [-0.1, -0.05) is 12.7 Å². The first-order chi connectivity index (χ1) is 11.8. The summed E-state index contributed by atoms with van der Waals surface area (Å²) < 4.78 is 34.6. The third kappa shape index (κ3) is 5.55. The van der Waals surface area contributed by atoms with E-state index in [0.717, 1.165) is 6.26 Å². The molecule has 0 saturated carbocycles. The second-order valence-electron chi connectivity index (χ2n) is 5.81. The fourth-order valence-corrected chi connectivity index (χ4v) is 3.52. The maximum absolute atomic E-state index is 12.2. The van der Waals surface area contributed by atoms with E-state index in [1.807, 2.05) is 0 Å². The van der Waals surface area contributed by atoms with Crippen LogP contribution in [0.2, 0.25) is 0 Å². The van der Waals surface area contributed by atoms with E-state index in [2.05, 4.69) is 11.6 Å². The maximum Gasteiger partial charge on any atom is 0.410 e. The summed E-state index contributed by atoms with van der Waals surface area (Å²) >= 11 is 0. The second-order valence-corrected chi connectivity index (χ2v) is 7.41. The van der Waals surface area contributed by atoms with E-state index >= 15 is 0 Å². The van der Waals surface area contributed by atoms with Gasteiger partial charge in [0.1, 0.15) is 19.0 Å². The fraction of sp³-hybridized carbons (Fsp3) is 0.600. The number of carbonyl (C=O) groups excluding carboxylic acids is 1. The highest BCUT2D eigenvalue weighted by Crippen LogP contribution is 2.25. The molecule has 0 unspecified atom stereocenters. The highest BCUT2D eigenvalue weighted by molar-refractivity contribution is 7.86. The minimum atomic E-state index is -3.61. The number of nitrogens with zero attached hydrogens (tertiary/aromatic N) is 3. The van der Waals surface area contributed by atoms with Crippen molar-refractivity contribution in [2.45, 2.75) is 38.1 Å². The Bertz CT molecular complexity index is 702. The number of carbonyl (C=O) groups is 1. The van der Waals surface area contributed by atoms with E-state index in [9.17, 15) is 18.3 Å². The summed E-state index contributed by atoms with van der Waals surface area (Å²) in [5.74, 6) is 0.530. The zero-order chi connectivity index (χ0) is 18.4. The SMILES string of the molecule is C=CCOC(=O)N1C[C@H](OS(C)(=O)=O)C[C@H]1CCn1ccnc1CO. The molecular formula is C15H23N3O6S. The van der Waals surface area contributed by atoms with Crippen LogP contribution in [0.4, 0.5) is 4.79 Å². The minimum absolute atomic E-state index is 0.0792. The van der Waals surface area contributed by atoms with Crippen LogP contribution in [0.5, 0.6) is 0 Å². The van der Waals surface area contributed by atoms with E-state index < -0.39 is 22.3 Å². The topological polar surface area (TPSA) is 111 Å². The molecule has 1 aromatic heterocycles. The van der Waals surface area contributed by atoms with E-state index in [1.54, 1.807) is 17.0 Å². The number of imidazole rings is 1. The van der Waals surface area contributed by atoms with E-state index in [4.69, 9.17) is 8.92 Å². The van der Waals surface area contributed by atoms with Crippen LogP contribution in [0.15, 0.2) is 25.0 Å². The summed E-state index contributed by atoms with van der Waals surface area (Å²) in [5.41, 5.74) is 0. The monoisotopic (exact) mass is 373 g/mol. The first-order valence-electron chi connectivity index (χ1n) is 7.87. The lowest BCUT2D eigenvalue weighted by molar-refractivity contribution is 0.102. The van der Waals surface area contributed by atoms with Gasteiger partial charge in [0.05, 0.1) is 18.9 Å². The molecule has 1 N–H and O–H groups in total. The first-order valence-corrected chi connectivity index (χ1v) is 9.69. The van der Waals surface area contributed by atoms with Crippen molar-refractivity contribution in [3.63, 3.8) is 0 Å². The van der Waals surface area contributed by atoms with E-state index in [1.165, 1.54) is 11.0 Å². The fourth-order valence-electron chi connectivity index (χ4n) is 2.88.